The van der Waals surface area contributed by atoms with Crippen molar-refractivity contribution in [1.29, 1.82) is 0 Å². The number of nitrogens with zero attached hydrogens (tertiary/aromatic N) is 4. The molecule has 6 nitrogen and oxygen atoms in total. The minimum Gasteiger partial charge on any atom is -0.308 e. The van der Waals surface area contributed by atoms with Gasteiger partial charge in [-0.05, 0) is 19.8 Å². The molecule has 94 valence electrons. The van der Waals surface area contributed by atoms with E-state index in [1.165, 1.54) is 12.8 Å². The minimum atomic E-state index is 0.570. The Kier molecular flexibility index (Phi) is 2.71. The number of aryl methyl sites for hydroxylation is 1. The van der Waals surface area contributed by atoms with Gasteiger partial charge < -0.3 is 5.43 Å². The smallest absolute Gasteiger partial charge is 0.165 e. The zero-order valence-corrected chi connectivity index (χ0v) is 10.3. The van der Waals surface area contributed by atoms with Crippen LogP contribution in [0.2, 0.25) is 0 Å². The molecule has 3 rings (SSSR count). The molecule has 1 saturated carbocycles. The Labute approximate surface area is 105 Å². The number of aromatic nitrogens is 4. The molecule has 2 aromatic rings. The number of hydrogen-bond donors (Lipinski definition) is 2. The van der Waals surface area contributed by atoms with Crippen LogP contribution in [0.15, 0.2) is 18.5 Å². The van der Waals surface area contributed by atoms with Crippen LogP contribution in [0.3, 0.4) is 0 Å². The molecular weight excluding hydrogens is 228 g/mol. The zero-order valence-electron chi connectivity index (χ0n) is 10.3. The summed E-state index contributed by atoms with van der Waals surface area (Å²) < 4.78 is 1.86. The molecule has 1 aliphatic carbocycles. The van der Waals surface area contributed by atoms with Gasteiger partial charge in [0.25, 0.3) is 0 Å². The lowest BCUT2D eigenvalue weighted by Crippen LogP contribution is -2.10. The molecule has 0 radical (unpaired) electrons. The fourth-order valence-electron chi connectivity index (χ4n) is 1.91. The third-order valence-electron chi connectivity index (χ3n) is 3.10. The molecule has 0 spiro atoms. The Bertz CT molecular complexity index is 557. The van der Waals surface area contributed by atoms with Crippen molar-refractivity contribution in [3.63, 3.8) is 0 Å². The monoisotopic (exact) mass is 244 g/mol. The van der Waals surface area contributed by atoms with E-state index in [4.69, 9.17) is 5.84 Å². The molecule has 0 saturated heterocycles. The Balaban J connectivity index is 2.01. The fraction of sp³-hybridized carbons (Fsp3) is 0.417. The summed E-state index contributed by atoms with van der Waals surface area (Å²) in [5.41, 5.74) is 4.60. The molecular formula is C12H16N6. The second-order valence-corrected chi connectivity index (χ2v) is 4.50. The number of hydrogen-bond acceptors (Lipinski definition) is 5. The van der Waals surface area contributed by atoms with Crippen molar-refractivity contribution in [2.45, 2.75) is 32.2 Å². The maximum Gasteiger partial charge on any atom is 0.165 e. The fourth-order valence-corrected chi connectivity index (χ4v) is 1.91. The molecule has 0 unspecified atom stereocenters. The third kappa shape index (κ3) is 2.06. The van der Waals surface area contributed by atoms with E-state index in [1.807, 2.05) is 23.9 Å². The topological polar surface area (TPSA) is 81.7 Å². The van der Waals surface area contributed by atoms with E-state index in [0.717, 1.165) is 17.8 Å². The van der Waals surface area contributed by atoms with E-state index >= 15 is 0 Å². The second kappa shape index (κ2) is 4.38. The number of nitrogens with one attached hydrogen (secondary N) is 1. The molecule has 1 fully saturated rings. The van der Waals surface area contributed by atoms with Crippen LogP contribution < -0.4 is 11.3 Å². The maximum atomic E-state index is 5.46. The Hall–Kier alpha value is -1.95. The lowest BCUT2D eigenvalue weighted by Gasteiger charge is -2.05. The summed E-state index contributed by atoms with van der Waals surface area (Å²) in [6, 6.07) is 1.92. The van der Waals surface area contributed by atoms with Crippen molar-refractivity contribution in [3.05, 3.63) is 24.2 Å². The summed E-state index contributed by atoms with van der Waals surface area (Å²) in [6.07, 6.45) is 6.14. The van der Waals surface area contributed by atoms with Crippen molar-refractivity contribution < 1.29 is 0 Å². The van der Waals surface area contributed by atoms with Crippen LogP contribution in [0.25, 0.3) is 11.4 Å². The van der Waals surface area contributed by atoms with Gasteiger partial charge in [-0.3, -0.25) is 4.68 Å². The Morgan fingerprint density at radius 3 is 2.89 bits per heavy atom. The van der Waals surface area contributed by atoms with Crippen molar-refractivity contribution in [3.8, 4) is 11.4 Å². The molecule has 0 amide bonds. The van der Waals surface area contributed by atoms with Crippen molar-refractivity contribution >= 4 is 5.82 Å². The third-order valence-corrected chi connectivity index (χ3v) is 3.10. The first-order valence-electron chi connectivity index (χ1n) is 6.18. The van der Waals surface area contributed by atoms with Gasteiger partial charge in [0, 0.05) is 30.4 Å². The van der Waals surface area contributed by atoms with Crippen LogP contribution in [0.4, 0.5) is 5.82 Å². The lowest BCUT2D eigenvalue weighted by atomic mass is 10.2. The molecule has 2 heterocycles. The van der Waals surface area contributed by atoms with E-state index in [9.17, 15) is 0 Å². The molecule has 18 heavy (non-hydrogen) atoms. The van der Waals surface area contributed by atoms with E-state index in [2.05, 4.69) is 20.5 Å². The largest absolute Gasteiger partial charge is 0.308 e. The highest BCUT2D eigenvalue weighted by molar-refractivity contribution is 5.55. The van der Waals surface area contributed by atoms with Gasteiger partial charge >= 0.3 is 0 Å². The predicted molar refractivity (Wildman–Crippen MR) is 68.7 cm³/mol. The molecule has 0 aromatic carbocycles. The lowest BCUT2D eigenvalue weighted by molar-refractivity contribution is 0.660. The van der Waals surface area contributed by atoms with Crippen LogP contribution >= 0.6 is 0 Å². The van der Waals surface area contributed by atoms with Gasteiger partial charge in [-0.15, -0.1) is 0 Å². The average molecular weight is 244 g/mol. The standard InChI is InChI=1S/C12H16N6/c1-2-18-7-9(6-14-18)12-15-10(8-3-4-8)5-11(16-12)17-13/h5-8H,2-4,13H2,1H3,(H,15,16,17). The van der Waals surface area contributed by atoms with Crippen LogP contribution in [0, 0.1) is 0 Å². The van der Waals surface area contributed by atoms with Crippen LogP contribution in [-0.4, -0.2) is 19.7 Å². The molecule has 6 heteroatoms. The number of hydrazine groups is 1. The van der Waals surface area contributed by atoms with Crippen molar-refractivity contribution in [2.75, 3.05) is 5.43 Å². The summed E-state index contributed by atoms with van der Waals surface area (Å²) in [5, 5.41) is 4.24. The predicted octanol–water partition coefficient (Wildman–Crippen LogP) is 1.52. The molecule has 0 atom stereocenters. The minimum absolute atomic E-state index is 0.570. The summed E-state index contributed by atoms with van der Waals surface area (Å²) in [5.74, 6) is 7.37. The zero-order chi connectivity index (χ0) is 12.5. The van der Waals surface area contributed by atoms with Gasteiger partial charge in [0.05, 0.1) is 11.8 Å². The van der Waals surface area contributed by atoms with Crippen LogP contribution in [0.5, 0.6) is 0 Å². The molecule has 3 N–H and O–H groups in total. The average Bonchev–Trinajstić information content (AvgIpc) is 3.16. The SMILES string of the molecule is CCn1cc(-c2nc(NN)cc(C3CC3)n2)cn1. The number of rotatable bonds is 4. The van der Waals surface area contributed by atoms with Crippen LogP contribution in [0.1, 0.15) is 31.4 Å². The number of nitrogen functional groups attached to an aromatic ring is 1. The van der Waals surface area contributed by atoms with Crippen molar-refractivity contribution in [2.24, 2.45) is 5.84 Å². The van der Waals surface area contributed by atoms with E-state index in [0.29, 0.717) is 17.6 Å². The second-order valence-electron chi connectivity index (χ2n) is 4.50. The molecule has 0 aliphatic heterocycles. The summed E-state index contributed by atoms with van der Waals surface area (Å²) in [6.45, 7) is 2.88. The van der Waals surface area contributed by atoms with E-state index < -0.39 is 0 Å². The highest BCUT2D eigenvalue weighted by Gasteiger charge is 2.26. The Morgan fingerprint density at radius 2 is 2.28 bits per heavy atom. The first-order chi connectivity index (χ1) is 8.80. The normalized spacial score (nSPS) is 14.8. The molecule has 1 aliphatic rings. The van der Waals surface area contributed by atoms with Gasteiger partial charge in [0.1, 0.15) is 5.82 Å². The van der Waals surface area contributed by atoms with Gasteiger partial charge in [-0.2, -0.15) is 5.10 Å². The van der Waals surface area contributed by atoms with Crippen molar-refractivity contribution in [1.82, 2.24) is 19.7 Å². The first kappa shape index (κ1) is 11.2. The van der Waals surface area contributed by atoms with Crippen LogP contribution in [-0.2, 0) is 6.54 Å². The van der Waals surface area contributed by atoms with Gasteiger partial charge in [0.15, 0.2) is 5.82 Å². The maximum absolute atomic E-state index is 5.46. The number of nitrogens with two attached hydrogens (primary N) is 1. The van der Waals surface area contributed by atoms with Gasteiger partial charge in [-0.1, -0.05) is 0 Å². The van der Waals surface area contributed by atoms with E-state index in [-0.39, 0.29) is 0 Å². The number of anilines is 1. The highest BCUT2D eigenvalue weighted by atomic mass is 15.3. The van der Waals surface area contributed by atoms with Gasteiger partial charge in [-0.25, -0.2) is 15.8 Å². The highest BCUT2D eigenvalue weighted by Crippen LogP contribution is 2.40. The quantitative estimate of drug-likeness (QED) is 0.629. The summed E-state index contributed by atoms with van der Waals surface area (Å²) in [7, 11) is 0. The molecule has 0 bridgehead atoms. The summed E-state index contributed by atoms with van der Waals surface area (Å²) >= 11 is 0. The molecule has 2 aromatic heterocycles. The first-order valence-corrected chi connectivity index (χ1v) is 6.18. The Morgan fingerprint density at radius 1 is 1.44 bits per heavy atom. The van der Waals surface area contributed by atoms with Gasteiger partial charge in [0.2, 0.25) is 0 Å². The van der Waals surface area contributed by atoms with E-state index in [1.54, 1.807) is 6.20 Å². The summed E-state index contributed by atoms with van der Waals surface area (Å²) in [4.78, 5) is 8.98.